The third kappa shape index (κ3) is 2.19. The van der Waals surface area contributed by atoms with Crippen LogP contribution in [0.4, 0.5) is 0 Å². The second-order valence-electron chi connectivity index (χ2n) is 2.71. The molecule has 0 aromatic heterocycles. The largest absolute Gasteiger partial charge is 0.161 e. The molecule has 1 aliphatic carbocycles. The lowest BCUT2D eigenvalue weighted by Crippen LogP contribution is -2.32. The maximum atomic E-state index is 3.69. The van der Waals surface area contributed by atoms with Crippen LogP contribution in [0.3, 0.4) is 0 Å². The average Bonchev–Trinajstić information content (AvgIpc) is 1.89. The van der Waals surface area contributed by atoms with Gasteiger partial charge in [-0.3, -0.25) is 0 Å². The highest BCUT2D eigenvalue weighted by Crippen LogP contribution is 2.42. The molecule has 1 rings (SSSR count). The molecule has 1 saturated carbocycles. The van der Waals surface area contributed by atoms with Gasteiger partial charge in [-0.2, -0.15) is 2.95 Å². The number of nitrogens with zero attached hydrogens (tertiary/aromatic N) is 1. The van der Waals surface area contributed by atoms with Crippen molar-refractivity contribution in [1.29, 1.82) is 0 Å². The minimum absolute atomic E-state index is 0.158. The summed E-state index contributed by atoms with van der Waals surface area (Å²) in [5, 5.41) is 0. The summed E-state index contributed by atoms with van der Waals surface area (Å²) in [6.07, 6.45) is 6.44. The van der Waals surface area contributed by atoms with Crippen LogP contribution >= 0.6 is 48.2 Å². The van der Waals surface area contributed by atoms with Crippen molar-refractivity contribution in [2.75, 3.05) is 0 Å². The summed E-state index contributed by atoms with van der Waals surface area (Å²) < 4.78 is 2.08. The fourth-order valence-corrected chi connectivity index (χ4v) is 2.53. The third-order valence-corrected chi connectivity index (χ3v) is 5.38. The maximum Gasteiger partial charge on any atom is 0.0977 e. The molecule has 1 nitrogen and oxygen atoms in total. The fraction of sp³-hybridized carbons (Fsp3) is 1.00. The van der Waals surface area contributed by atoms with E-state index in [1.165, 1.54) is 32.1 Å². The molecular weight excluding hydrogens is 326 g/mol. The van der Waals surface area contributed by atoms with E-state index in [1.54, 1.807) is 0 Å². The fourth-order valence-electron chi connectivity index (χ4n) is 1.26. The quantitative estimate of drug-likeness (QED) is 0.398. The smallest absolute Gasteiger partial charge is 0.0977 e. The van der Waals surface area contributed by atoms with Crippen LogP contribution in [0, 0.1) is 0 Å². The molecule has 0 atom stereocenters. The molecule has 0 amide bonds. The third-order valence-electron chi connectivity index (χ3n) is 1.92. The van der Waals surface area contributed by atoms with Gasteiger partial charge in [-0.05, 0) is 12.8 Å². The second kappa shape index (κ2) is 3.87. The molecule has 0 aromatic rings. The number of alkyl halides is 1. The lowest BCUT2D eigenvalue weighted by molar-refractivity contribution is 0.344. The van der Waals surface area contributed by atoms with Crippen molar-refractivity contribution in [2.24, 2.45) is 0 Å². The Labute approximate surface area is 87.3 Å². The average molecular weight is 336 g/mol. The Morgan fingerprint density at radius 3 is 1.80 bits per heavy atom. The van der Waals surface area contributed by atoms with E-state index >= 15 is 0 Å². The Morgan fingerprint density at radius 1 is 1.00 bits per heavy atom. The van der Waals surface area contributed by atoms with Crippen LogP contribution in [0.25, 0.3) is 0 Å². The maximum absolute atomic E-state index is 3.69. The number of rotatable bonds is 1. The number of hydrogen-bond acceptors (Lipinski definition) is 1. The molecule has 0 spiro atoms. The molecule has 0 N–H and O–H groups in total. The normalized spacial score (nSPS) is 25.2. The van der Waals surface area contributed by atoms with Crippen LogP contribution in [-0.4, -0.2) is 7.40 Å². The van der Waals surface area contributed by atoms with Crippen molar-refractivity contribution in [2.45, 2.75) is 36.6 Å². The van der Waals surface area contributed by atoms with Gasteiger partial charge in [0, 0.05) is 32.3 Å². The first kappa shape index (κ1) is 9.49. The number of halogens is 3. The zero-order chi connectivity index (χ0) is 7.61. The zero-order valence-electron chi connectivity index (χ0n) is 5.62. The van der Waals surface area contributed by atoms with Crippen LogP contribution in [0.2, 0.25) is 0 Å². The van der Waals surface area contributed by atoms with Crippen molar-refractivity contribution in [3.63, 3.8) is 0 Å². The first-order valence-electron chi connectivity index (χ1n) is 3.46. The molecule has 0 saturated heterocycles. The van der Waals surface area contributed by atoms with Crippen molar-refractivity contribution in [3.05, 3.63) is 0 Å². The van der Waals surface area contributed by atoms with Gasteiger partial charge in [0.05, 0.1) is 4.45 Å². The Morgan fingerprint density at radius 2 is 1.50 bits per heavy atom. The van der Waals surface area contributed by atoms with Gasteiger partial charge in [0.2, 0.25) is 0 Å². The molecular formula is C6H10Br3N. The highest BCUT2D eigenvalue weighted by molar-refractivity contribution is 9.21. The van der Waals surface area contributed by atoms with E-state index in [9.17, 15) is 0 Å². The molecule has 0 aliphatic heterocycles. The topological polar surface area (TPSA) is 3.24 Å². The molecule has 0 radical (unpaired) electrons. The van der Waals surface area contributed by atoms with Crippen molar-refractivity contribution in [1.82, 2.24) is 2.95 Å². The standard InChI is InChI=1S/C6H10Br3N/c7-6(10(8)9)4-2-1-3-5-6/h1-5H2. The van der Waals surface area contributed by atoms with Crippen molar-refractivity contribution in [3.8, 4) is 0 Å². The molecule has 1 aliphatic rings. The van der Waals surface area contributed by atoms with E-state index in [4.69, 9.17) is 0 Å². The Bertz CT molecular complexity index is 110. The van der Waals surface area contributed by atoms with Gasteiger partial charge >= 0.3 is 0 Å². The molecule has 0 aromatic carbocycles. The minimum Gasteiger partial charge on any atom is -0.161 e. The molecule has 0 bridgehead atoms. The predicted molar refractivity (Wildman–Crippen MR) is 54.4 cm³/mol. The Hall–Kier alpha value is 1.40. The SMILES string of the molecule is BrN(Br)C1(Br)CCCCC1. The highest BCUT2D eigenvalue weighted by atomic mass is 79.9. The predicted octanol–water partition coefficient (Wildman–Crippen LogP) is 3.96. The summed E-state index contributed by atoms with van der Waals surface area (Å²) in [6.45, 7) is 0. The Balaban J connectivity index is 2.48. The lowest BCUT2D eigenvalue weighted by Gasteiger charge is -2.34. The van der Waals surface area contributed by atoms with Gasteiger partial charge in [0.15, 0.2) is 0 Å². The van der Waals surface area contributed by atoms with Crippen LogP contribution in [0.5, 0.6) is 0 Å². The zero-order valence-corrected chi connectivity index (χ0v) is 10.4. The van der Waals surface area contributed by atoms with Gasteiger partial charge in [-0.1, -0.05) is 35.2 Å². The number of hydrogen-bond donors (Lipinski definition) is 0. The van der Waals surface area contributed by atoms with Gasteiger partial charge < -0.3 is 0 Å². The van der Waals surface area contributed by atoms with Crippen LogP contribution in [-0.2, 0) is 0 Å². The van der Waals surface area contributed by atoms with E-state index in [2.05, 4.69) is 48.2 Å². The summed E-state index contributed by atoms with van der Waals surface area (Å²) >= 11 is 10.5. The molecule has 60 valence electrons. The lowest BCUT2D eigenvalue weighted by atomic mass is 9.96. The van der Waals surface area contributed by atoms with Crippen LogP contribution in [0.15, 0.2) is 0 Å². The van der Waals surface area contributed by atoms with Gasteiger partial charge in [0.25, 0.3) is 0 Å². The second-order valence-corrected chi connectivity index (χ2v) is 6.56. The van der Waals surface area contributed by atoms with E-state index in [0.29, 0.717) is 0 Å². The van der Waals surface area contributed by atoms with Gasteiger partial charge in [0.1, 0.15) is 0 Å². The summed E-state index contributed by atoms with van der Waals surface area (Å²) in [7, 11) is 0. The van der Waals surface area contributed by atoms with Gasteiger partial charge in [-0.25, -0.2) is 0 Å². The van der Waals surface area contributed by atoms with E-state index < -0.39 is 0 Å². The first-order chi connectivity index (χ1) is 4.65. The first-order valence-corrected chi connectivity index (χ1v) is 5.67. The van der Waals surface area contributed by atoms with Gasteiger partial charge in [-0.15, -0.1) is 0 Å². The molecule has 4 heteroatoms. The molecule has 10 heavy (non-hydrogen) atoms. The summed E-state index contributed by atoms with van der Waals surface area (Å²) in [6, 6.07) is 0. The van der Waals surface area contributed by atoms with Crippen LogP contribution < -0.4 is 0 Å². The molecule has 0 unspecified atom stereocenters. The molecule has 1 fully saturated rings. The van der Waals surface area contributed by atoms with Crippen LogP contribution in [0.1, 0.15) is 32.1 Å². The summed E-state index contributed by atoms with van der Waals surface area (Å²) in [4.78, 5) is 0. The van der Waals surface area contributed by atoms with E-state index in [0.717, 1.165) is 0 Å². The van der Waals surface area contributed by atoms with Crippen molar-refractivity contribution >= 4 is 48.2 Å². The monoisotopic (exact) mass is 333 g/mol. The highest BCUT2D eigenvalue weighted by Gasteiger charge is 2.33. The van der Waals surface area contributed by atoms with Crippen molar-refractivity contribution < 1.29 is 0 Å². The van der Waals surface area contributed by atoms with E-state index in [-0.39, 0.29) is 4.45 Å². The summed E-state index contributed by atoms with van der Waals surface area (Å²) in [5.41, 5.74) is 0. The molecule has 0 heterocycles. The minimum atomic E-state index is 0.158. The Kier molecular flexibility index (Phi) is 3.68. The summed E-state index contributed by atoms with van der Waals surface area (Å²) in [5.74, 6) is 0. The van der Waals surface area contributed by atoms with E-state index in [1.807, 2.05) is 2.95 Å².